The molecule has 33 heavy (non-hydrogen) atoms. The largest absolute Gasteiger partial charge is 0.341 e. The number of aromatic nitrogens is 3. The van der Waals surface area contributed by atoms with Crippen LogP contribution >= 0.6 is 22.9 Å². The molecule has 0 bridgehead atoms. The van der Waals surface area contributed by atoms with Crippen LogP contribution in [0.3, 0.4) is 0 Å². The van der Waals surface area contributed by atoms with Crippen molar-refractivity contribution in [3.63, 3.8) is 0 Å². The average Bonchev–Trinajstić information content (AvgIpc) is 3.38. The predicted molar refractivity (Wildman–Crippen MR) is 133 cm³/mol. The number of halogens is 1. The number of thiazole rings is 1. The Kier molecular flexibility index (Phi) is 7.11. The Morgan fingerprint density at radius 3 is 2.52 bits per heavy atom. The highest BCUT2D eigenvalue weighted by Crippen LogP contribution is 2.26. The number of hydrogen-bond acceptors (Lipinski definition) is 4. The van der Waals surface area contributed by atoms with Gasteiger partial charge in [0, 0.05) is 60.0 Å². The Labute approximate surface area is 201 Å². The fourth-order valence-electron chi connectivity index (χ4n) is 3.69. The van der Waals surface area contributed by atoms with Gasteiger partial charge in [0.2, 0.25) is 5.91 Å². The van der Waals surface area contributed by atoms with Crippen molar-refractivity contribution < 1.29 is 4.79 Å². The first kappa shape index (κ1) is 23.0. The summed E-state index contributed by atoms with van der Waals surface area (Å²) in [6.07, 6.45) is 2.96. The second kappa shape index (κ2) is 10.2. The van der Waals surface area contributed by atoms with Crippen molar-refractivity contribution in [2.45, 2.75) is 32.9 Å². The van der Waals surface area contributed by atoms with Gasteiger partial charge in [-0.2, -0.15) is 5.10 Å². The van der Waals surface area contributed by atoms with Gasteiger partial charge in [-0.05, 0) is 37.6 Å². The maximum atomic E-state index is 12.8. The van der Waals surface area contributed by atoms with Gasteiger partial charge in [-0.1, -0.05) is 53.3 Å². The molecule has 2 aromatic heterocycles. The summed E-state index contributed by atoms with van der Waals surface area (Å²) in [5.74, 6) is 0.0328. The number of benzene rings is 2. The molecule has 4 rings (SSSR count). The van der Waals surface area contributed by atoms with Crippen LogP contribution in [0.4, 0.5) is 0 Å². The van der Waals surface area contributed by atoms with Gasteiger partial charge in [0.25, 0.3) is 0 Å². The number of para-hydroxylation sites is 1. The summed E-state index contributed by atoms with van der Waals surface area (Å²) in [5, 5.41) is 7.32. The van der Waals surface area contributed by atoms with Gasteiger partial charge in [0.05, 0.1) is 11.4 Å². The van der Waals surface area contributed by atoms with Crippen LogP contribution < -0.4 is 4.87 Å². The monoisotopic (exact) mass is 480 g/mol. The number of carbonyl (C=O) groups is 1. The lowest BCUT2D eigenvalue weighted by Crippen LogP contribution is -2.26. The van der Waals surface area contributed by atoms with Crippen LogP contribution in [0.5, 0.6) is 0 Å². The molecule has 0 atom stereocenters. The van der Waals surface area contributed by atoms with Crippen molar-refractivity contribution in [2.24, 2.45) is 0 Å². The van der Waals surface area contributed by atoms with Crippen molar-refractivity contribution in [3.8, 4) is 16.9 Å². The summed E-state index contributed by atoms with van der Waals surface area (Å²) in [5.41, 5.74) is 4.59. The highest BCUT2D eigenvalue weighted by Gasteiger charge is 2.17. The third-order valence-corrected chi connectivity index (χ3v) is 6.64. The van der Waals surface area contributed by atoms with E-state index < -0.39 is 0 Å². The smallest absolute Gasteiger partial charge is 0.307 e. The lowest BCUT2D eigenvalue weighted by molar-refractivity contribution is -0.130. The molecule has 2 heterocycles. The fourth-order valence-corrected chi connectivity index (χ4v) is 4.57. The highest BCUT2D eigenvalue weighted by atomic mass is 35.5. The van der Waals surface area contributed by atoms with E-state index in [0.29, 0.717) is 31.0 Å². The zero-order chi connectivity index (χ0) is 23.4. The molecule has 1 amide bonds. The zero-order valence-corrected chi connectivity index (χ0v) is 20.1. The molecule has 0 aliphatic rings. The van der Waals surface area contributed by atoms with E-state index in [-0.39, 0.29) is 10.8 Å². The molecule has 170 valence electrons. The molecule has 2 aromatic carbocycles. The highest BCUT2D eigenvalue weighted by molar-refractivity contribution is 7.07. The molecule has 0 N–H and O–H groups in total. The molecule has 0 fully saturated rings. The number of aryl methyl sites for hydroxylation is 1. The van der Waals surface area contributed by atoms with Crippen molar-refractivity contribution in [1.29, 1.82) is 0 Å². The van der Waals surface area contributed by atoms with Crippen LogP contribution in [0.15, 0.2) is 71.0 Å². The molecule has 0 saturated heterocycles. The molecule has 0 radical (unpaired) electrons. The number of hydrogen-bond donors (Lipinski definition) is 0. The quantitative estimate of drug-likeness (QED) is 0.350. The van der Waals surface area contributed by atoms with E-state index in [0.717, 1.165) is 28.2 Å². The minimum Gasteiger partial charge on any atom is -0.341 e. The Morgan fingerprint density at radius 2 is 1.85 bits per heavy atom. The van der Waals surface area contributed by atoms with E-state index in [4.69, 9.17) is 16.7 Å². The SMILES string of the molecule is Cc1csc(=O)n1CCCC(=O)N(C)Cc1cn(-c2ccccc2)nc1-c1ccc(Cl)cc1. The van der Waals surface area contributed by atoms with Gasteiger partial charge in [0.15, 0.2) is 0 Å². The van der Waals surface area contributed by atoms with E-state index >= 15 is 0 Å². The molecule has 0 spiro atoms. The molecule has 0 saturated carbocycles. The first-order chi connectivity index (χ1) is 15.9. The van der Waals surface area contributed by atoms with Gasteiger partial charge in [-0.15, -0.1) is 0 Å². The van der Waals surface area contributed by atoms with Gasteiger partial charge in [-0.3, -0.25) is 9.59 Å². The summed E-state index contributed by atoms with van der Waals surface area (Å²) in [7, 11) is 1.80. The molecular weight excluding hydrogens is 456 g/mol. The summed E-state index contributed by atoms with van der Waals surface area (Å²) < 4.78 is 3.56. The average molecular weight is 481 g/mol. The molecule has 0 unspecified atom stereocenters. The minimum absolute atomic E-state index is 0.0224. The standard InChI is InChI=1S/C25H25ClN4O2S/c1-18-17-33-25(32)29(18)14-6-9-23(31)28(2)15-20-16-30(22-7-4-3-5-8-22)27-24(20)19-10-12-21(26)13-11-19/h3-5,7-8,10-13,16-17H,6,9,14-15H2,1-2H3. The van der Waals surface area contributed by atoms with Crippen LogP contribution in [0.1, 0.15) is 24.1 Å². The Balaban J connectivity index is 1.50. The Morgan fingerprint density at radius 1 is 1.12 bits per heavy atom. The van der Waals surface area contributed by atoms with Crippen molar-refractivity contribution in [2.75, 3.05) is 7.05 Å². The van der Waals surface area contributed by atoms with Crippen LogP contribution in [0, 0.1) is 6.92 Å². The van der Waals surface area contributed by atoms with Crippen molar-refractivity contribution in [1.82, 2.24) is 19.2 Å². The van der Waals surface area contributed by atoms with Gasteiger partial charge < -0.3 is 9.47 Å². The molecular formula is C25H25ClN4O2S. The molecule has 0 aliphatic heterocycles. The molecule has 0 aliphatic carbocycles. The van der Waals surface area contributed by atoms with E-state index in [1.54, 1.807) is 16.5 Å². The van der Waals surface area contributed by atoms with Gasteiger partial charge in [-0.25, -0.2) is 4.68 Å². The van der Waals surface area contributed by atoms with Crippen molar-refractivity contribution in [3.05, 3.63) is 92.1 Å². The molecule has 8 heteroatoms. The molecule has 4 aromatic rings. The van der Waals surface area contributed by atoms with Crippen LogP contribution in [-0.4, -0.2) is 32.2 Å². The second-order valence-corrected chi connectivity index (χ2v) is 9.20. The summed E-state index contributed by atoms with van der Waals surface area (Å²) >= 11 is 7.27. The third-order valence-electron chi connectivity index (χ3n) is 5.51. The summed E-state index contributed by atoms with van der Waals surface area (Å²) in [4.78, 5) is 26.4. The maximum Gasteiger partial charge on any atom is 0.307 e. The third kappa shape index (κ3) is 5.43. The topological polar surface area (TPSA) is 60.1 Å². The number of nitrogens with zero attached hydrogens (tertiary/aromatic N) is 4. The van der Waals surface area contributed by atoms with E-state index in [1.165, 1.54) is 11.3 Å². The van der Waals surface area contributed by atoms with E-state index in [2.05, 4.69) is 0 Å². The first-order valence-corrected chi connectivity index (χ1v) is 12.0. The number of carbonyl (C=O) groups excluding carboxylic acids is 1. The van der Waals surface area contributed by atoms with Crippen molar-refractivity contribution >= 4 is 28.8 Å². The summed E-state index contributed by atoms with van der Waals surface area (Å²) in [6.45, 7) is 2.89. The zero-order valence-electron chi connectivity index (χ0n) is 18.6. The van der Waals surface area contributed by atoms with Crippen LogP contribution in [0.2, 0.25) is 5.02 Å². The van der Waals surface area contributed by atoms with E-state index in [1.807, 2.05) is 77.8 Å². The van der Waals surface area contributed by atoms with Gasteiger partial charge in [0.1, 0.15) is 0 Å². The maximum absolute atomic E-state index is 12.8. The second-order valence-electron chi connectivity index (χ2n) is 7.94. The van der Waals surface area contributed by atoms with Gasteiger partial charge >= 0.3 is 4.87 Å². The number of rotatable bonds is 8. The minimum atomic E-state index is 0.0224. The van der Waals surface area contributed by atoms with E-state index in [9.17, 15) is 9.59 Å². The predicted octanol–water partition coefficient (Wildman–Crippen LogP) is 5.16. The number of amides is 1. The Hall–Kier alpha value is -3.16. The first-order valence-electron chi connectivity index (χ1n) is 10.7. The lowest BCUT2D eigenvalue weighted by atomic mass is 10.1. The normalized spacial score (nSPS) is 11.0. The summed E-state index contributed by atoms with van der Waals surface area (Å²) in [6, 6.07) is 17.4. The fraction of sp³-hybridized carbons (Fsp3) is 0.240. The Bertz CT molecular complexity index is 1290. The lowest BCUT2D eigenvalue weighted by Gasteiger charge is -2.17. The van der Waals surface area contributed by atoms with Crippen LogP contribution in [-0.2, 0) is 17.9 Å². The van der Waals surface area contributed by atoms with Crippen LogP contribution in [0.25, 0.3) is 16.9 Å². The molecule has 6 nitrogen and oxygen atoms in total.